The van der Waals surface area contributed by atoms with Gasteiger partial charge in [-0.25, -0.2) is 8.42 Å². The van der Waals surface area contributed by atoms with Crippen molar-refractivity contribution in [2.24, 2.45) is 11.8 Å². The first-order chi connectivity index (χ1) is 9.46. The van der Waals surface area contributed by atoms with Crippen LogP contribution in [-0.2, 0) is 14.6 Å². The Morgan fingerprint density at radius 3 is 2.50 bits per heavy atom. The van der Waals surface area contributed by atoms with E-state index in [-0.39, 0.29) is 6.10 Å². The molecule has 4 atom stereocenters. The molecule has 1 fully saturated rings. The molecule has 112 valence electrons. The highest BCUT2D eigenvalue weighted by molar-refractivity contribution is 7.91. The van der Waals surface area contributed by atoms with Gasteiger partial charge >= 0.3 is 0 Å². The maximum absolute atomic E-state index is 12.6. The monoisotopic (exact) mass is 296 g/mol. The summed E-state index contributed by atoms with van der Waals surface area (Å²) in [6.45, 7) is 6.41. The zero-order valence-corrected chi connectivity index (χ0v) is 13.3. The summed E-state index contributed by atoms with van der Waals surface area (Å²) in [5.41, 5.74) is -0.694. The summed E-state index contributed by atoms with van der Waals surface area (Å²) in [6, 6.07) is 8.63. The molecule has 1 unspecified atom stereocenters. The lowest BCUT2D eigenvalue weighted by atomic mass is 9.87. The molecule has 0 spiro atoms. The van der Waals surface area contributed by atoms with Gasteiger partial charge < -0.3 is 4.74 Å². The fraction of sp³-hybridized carbons (Fsp3) is 0.625. The van der Waals surface area contributed by atoms with Crippen molar-refractivity contribution < 1.29 is 13.2 Å². The van der Waals surface area contributed by atoms with E-state index < -0.39 is 15.3 Å². The Morgan fingerprint density at radius 2 is 1.90 bits per heavy atom. The first-order valence-electron chi connectivity index (χ1n) is 7.41. The molecule has 1 aliphatic heterocycles. The van der Waals surface area contributed by atoms with Crippen LogP contribution in [0.3, 0.4) is 0 Å². The molecule has 1 heterocycles. The van der Waals surface area contributed by atoms with Crippen LogP contribution in [0.4, 0.5) is 0 Å². The van der Waals surface area contributed by atoms with Crippen LogP contribution in [0.15, 0.2) is 35.2 Å². The second-order valence-corrected chi connectivity index (χ2v) is 7.92. The van der Waals surface area contributed by atoms with Crippen molar-refractivity contribution in [1.82, 2.24) is 0 Å². The lowest BCUT2D eigenvalue weighted by molar-refractivity contribution is -0.0705. The van der Waals surface area contributed by atoms with Gasteiger partial charge in [0, 0.05) is 0 Å². The summed E-state index contributed by atoms with van der Waals surface area (Å²) >= 11 is 0. The third kappa shape index (κ3) is 3.07. The van der Waals surface area contributed by atoms with Crippen LogP contribution in [0, 0.1) is 11.8 Å². The minimum Gasteiger partial charge on any atom is -0.358 e. The SMILES string of the molecule is CC[C@H](C)[C@H]1OC(S(=O)(=O)c2ccccc2)CC[C@@H]1C. The topological polar surface area (TPSA) is 43.4 Å². The summed E-state index contributed by atoms with van der Waals surface area (Å²) in [5, 5.41) is 0. The second kappa shape index (κ2) is 6.27. The van der Waals surface area contributed by atoms with E-state index in [1.54, 1.807) is 24.3 Å². The molecule has 3 nitrogen and oxygen atoms in total. The molecule has 20 heavy (non-hydrogen) atoms. The van der Waals surface area contributed by atoms with Crippen LogP contribution < -0.4 is 0 Å². The molecule has 1 aromatic rings. The highest BCUT2D eigenvalue weighted by atomic mass is 32.2. The van der Waals surface area contributed by atoms with Crippen LogP contribution in [-0.4, -0.2) is 20.0 Å². The molecule has 1 aliphatic rings. The maximum Gasteiger partial charge on any atom is 0.205 e. The van der Waals surface area contributed by atoms with Gasteiger partial charge in [-0.2, -0.15) is 0 Å². The molecule has 0 aromatic heterocycles. The quantitative estimate of drug-likeness (QED) is 0.852. The fourth-order valence-corrected chi connectivity index (χ4v) is 4.42. The summed E-state index contributed by atoms with van der Waals surface area (Å²) < 4.78 is 31.2. The van der Waals surface area contributed by atoms with Crippen molar-refractivity contribution in [3.63, 3.8) is 0 Å². The largest absolute Gasteiger partial charge is 0.358 e. The Balaban J connectivity index is 2.21. The van der Waals surface area contributed by atoms with Crippen molar-refractivity contribution in [3.05, 3.63) is 30.3 Å². The number of rotatable bonds is 4. The van der Waals surface area contributed by atoms with Gasteiger partial charge in [0.25, 0.3) is 0 Å². The van der Waals surface area contributed by atoms with E-state index in [2.05, 4.69) is 20.8 Å². The highest BCUT2D eigenvalue weighted by Crippen LogP contribution is 2.34. The number of hydrogen-bond donors (Lipinski definition) is 0. The van der Waals surface area contributed by atoms with E-state index in [0.29, 0.717) is 23.2 Å². The van der Waals surface area contributed by atoms with Gasteiger partial charge in [-0.15, -0.1) is 0 Å². The molecule has 1 saturated heterocycles. The number of hydrogen-bond acceptors (Lipinski definition) is 3. The summed E-state index contributed by atoms with van der Waals surface area (Å²) in [7, 11) is -3.38. The summed E-state index contributed by atoms with van der Waals surface area (Å²) in [6.07, 6.45) is 2.54. The Labute approximate surface area is 122 Å². The van der Waals surface area contributed by atoms with Gasteiger partial charge in [0.15, 0.2) is 5.44 Å². The minimum absolute atomic E-state index is 0.0391. The van der Waals surface area contributed by atoms with E-state index in [9.17, 15) is 8.42 Å². The summed E-state index contributed by atoms with van der Waals surface area (Å²) in [5.74, 6) is 0.811. The number of sulfone groups is 1. The van der Waals surface area contributed by atoms with E-state index in [4.69, 9.17) is 4.74 Å². The Bertz CT molecular complexity index is 520. The third-order valence-electron chi connectivity index (χ3n) is 4.35. The normalized spacial score (nSPS) is 29.1. The smallest absolute Gasteiger partial charge is 0.205 e. The van der Waals surface area contributed by atoms with E-state index >= 15 is 0 Å². The second-order valence-electron chi connectivity index (χ2n) is 5.83. The van der Waals surface area contributed by atoms with Crippen molar-refractivity contribution >= 4 is 9.84 Å². The predicted octanol–water partition coefficient (Wildman–Crippen LogP) is 3.65. The molecule has 0 amide bonds. The van der Waals surface area contributed by atoms with Crippen LogP contribution in [0.25, 0.3) is 0 Å². The van der Waals surface area contributed by atoms with Crippen LogP contribution in [0.5, 0.6) is 0 Å². The van der Waals surface area contributed by atoms with Gasteiger partial charge in [0.05, 0.1) is 11.0 Å². The van der Waals surface area contributed by atoms with Crippen LogP contribution in [0.1, 0.15) is 40.0 Å². The molecule has 0 radical (unpaired) electrons. The molecule has 1 aromatic carbocycles. The average Bonchev–Trinajstić information content (AvgIpc) is 2.47. The number of benzene rings is 1. The Morgan fingerprint density at radius 1 is 1.25 bits per heavy atom. The van der Waals surface area contributed by atoms with Gasteiger partial charge in [0.1, 0.15) is 0 Å². The Hall–Kier alpha value is -0.870. The zero-order chi connectivity index (χ0) is 14.8. The highest BCUT2D eigenvalue weighted by Gasteiger charge is 2.38. The number of ether oxygens (including phenoxy) is 1. The molecule has 4 heteroatoms. The molecular weight excluding hydrogens is 272 g/mol. The average molecular weight is 296 g/mol. The van der Waals surface area contributed by atoms with Gasteiger partial charge in [-0.3, -0.25) is 0 Å². The van der Waals surface area contributed by atoms with E-state index in [1.165, 1.54) is 0 Å². The zero-order valence-electron chi connectivity index (χ0n) is 12.5. The minimum atomic E-state index is -3.38. The molecule has 2 rings (SSSR count). The van der Waals surface area contributed by atoms with Crippen molar-refractivity contribution in [3.8, 4) is 0 Å². The van der Waals surface area contributed by atoms with E-state index in [1.807, 2.05) is 6.07 Å². The first-order valence-corrected chi connectivity index (χ1v) is 8.95. The van der Waals surface area contributed by atoms with Gasteiger partial charge in [-0.05, 0) is 36.8 Å². The van der Waals surface area contributed by atoms with Gasteiger partial charge in [0.2, 0.25) is 9.84 Å². The molecule has 0 N–H and O–H groups in total. The van der Waals surface area contributed by atoms with Crippen molar-refractivity contribution in [1.29, 1.82) is 0 Å². The first kappa shape index (κ1) is 15.5. The Kier molecular flexibility index (Phi) is 4.86. The molecule has 0 aliphatic carbocycles. The van der Waals surface area contributed by atoms with Crippen molar-refractivity contribution in [2.75, 3.05) is 0 Å². The maximum atomic E-state index is 12.6. The third-order valence-corrected chi connectivity index (χ3v) is 6.32. The lowest BCUT2D eigenvalue weighted by Gasteiger charge is -2.37. The van der Waals surface area contributed by atoms with Crippen LogP contribution in [0.2, 0.25) is 0 Å². The van der Waals surface area contributed by atoms with Crippen LogP contribution >= 0.6 is 0 Å². The summed E-state index contributed by atoms with van der Waals surface area (Å²) in [4.78, 5) is 0.363. The predicted molar refractivity (Wildman–Crippen MR) is 80.1 cm³/mol. The fourth-order valence-electron chi connectivity index (χ4n) is 2.86. The van der Waals surface area contributed by atoms with Gasteiger partial charge in [-0.1, -0.05) is 45.4 Å². The molecular formula is C16H24O3S. The molecule has 0 bridgehead atoms. The lowest BCUT2D eigenvalue weighted by Crippen LogP contribution is -2.41. The van der Waals surface area contributed by atoms with Crippen molar-refractivity contribution in [2.45, 2.75) is 56.5 Å². The van der Waals surface area contributed by atoms with E-state index in [0.717, 1.165) is 12.8 Å². The standard InChI is InChI=1S/C16H24O3S/c1-4-12(2)16-13(3)10-11-15(19-16)20(17,18)14-8-6-5-7-9-14/h5-9,12-13,15-16H,4,10-11H2,1-3H3/t12-,13-,15?,16+/m0/s1. The molecule has 0 saturated carbocycles.